The van der Waals surface area contributed by atoms with Crippen molar-refractivity contribution in [3.63, 3.8) is 0 Å². The van der Waals surface area contributed by atoms with Gasteiger partial charge in [0.1, 0.15) is 11.5 Å². The van der Waals surface area contributed by atoms with Crippen LogP contribution in [0.15, 0.2) is 71.6 Å². The minimum Gasteiger partial charge on any atom is -0.508 e. The van der Waals surface area contributed by atoms with Crippen molar-refractivity contribution in [2.75, 3.05) is 0 Å². The largest absolute Gasteiger partial charge is 0.508 e. The lowest BCUT2D eigenvalue weighted by atomic mass is 10.1. The molecule has 0 unspecified atom stereocenters. The molecule has 2 N–H and O–H groups in total. The van der Waals surface area contributed by atoms with Crippen LogP contribution in [0, 0.1) is 23.7 Å². The highest BCUT2D eigenvalue weighted by atomic mass is 32.1. The lowest BCUT2D eigenvalue weighted by molar-refractivity contribution is 0.459. The van der Waals surface area contributed by atoms with E-state index in [1.165, 1.54) is 18.2 Å². The fourth-order valence-corrected chi connectivity index (χ4v) is 2.24. The molecule has 0 aliphatic heterocycles. The van der Waals surface area contributed by atoms with Gasteiger partial charge in [0.25, 0.3) is 0 Å². The lowest BCUT2D eigenvalue weighted by Gasteiger charge is -1.97. The molecule has 3 aromatic carbocycles. The van der Waals surface area contributed by atoms with Crippen LogP contribution in [0.3, 0.4) is 0 Å². The van der Waals surface area contributed by atoms with E-state index in [4.69, 9.17) is 0 Å². The molecule has 0 atom stereocenters. The van der Waals surface area contributed by atoms with Crippen molar-refractivity contribution in [2.24, 2.45) is 0 Å². The van der Waals surface area contributed by atoms with Gasteiger partial charge >= 0.3 is 0 Å². The Kier molecular flexibility index (Phi) is 5.00. The van der Waals surface area contributed by atoms with Crippen LogP contribution in [0.1, 0.15) is 22.3 Å². The zero-order valence-electron chi connectivity index (χ0n) is 13.2. The van der Waals surface area contributed by atoms with E-state index in [9.17, 15) is 10.2 Å². The monoisotopic (exact) mass is 342 g/mol. The number of thiol groups is 1. The normalized spacial score (nSPS) is 9.48. The van der Waals surface area contributed by atoms with Crippen LogP contribution >= 0.6 is 12.6 Å². The molecule has 3 rings (SSSR count). The zero-order valence-corrected chi connectivity index (χ0v) is 14.1. The third kappa shape index (κ3) is 4.61. The first-order valence-electron chi connectivity index (χ1n) is 7.55. The lowest BCUT2D eigenvalue weighted by Crippen LogP contribution is -1.80. The van der Waals surface area contributed by atoms with Gasteiger partial charge < -0.3 is 10.2 Å². The van der Waals surface area contributed by atoms with Gasteiger partial charge in [-0.2, -0.15) is 0 Å². The molecule has 2 nitrogen and oxygen atoms in total. The molecule has 0 saturated heterocycles. The summed E-state index contributed by atoms with van der Waals surface area (Å²) in [6.07, 6.45) is 0. The van der Waals surface area contributed by atoms with E-state index in [2.05, 4.69) is 36.3 Å². The molecule has 3 aromatic rings. The molecular weight excluding hydrogens is 328 g/mol. The molecule has 0 bridgehead atoms. The Morgan fingerprint density at radius 1 is 0.600 bits per heavy atom. The van der Waals surface area contributed by atoms with Gasteiger partial charge in [-0.3, -0.25) is 0 Å². The number of hydrogen-bond acceptors (Lipinski definition) is 3. The van der Waals surface area contributed by atoms with Crippen molar-refractivity contribution in [1.29, 1.82) is 0 Å². The molecule has 0 aromatic heterocycles. The summed E-state index contributed by atoms with van der Waals surface area (Å²) in [4.78, 5) is 0.909. The molecule has 3 heteroatoms. The topological polar surface area (TPSA) is 40.5 Å². The SMILES string of the molecule is Oc1ccc(O)c(C#Cc2ccc(C#Cc3ccc(S)cc3)cc2)c1. The van der Waals surface area contributed by atoms with E-state index < -0.39 is 0 Å². The van der Waals surface area contributed by atoms with E-state index in [1.54, 1.807) is 0 Å². The molecule has 0 heterocycles. The van der Waals surface area contributed by atoms with Gasteiger partial charge in [-0.15, -0.1) is 12.6 Å². The summed E-state index contributed by atoms with van der Waals surface area (Å²) in [5.41, 5.74) is 3.01. The summed E-state index contributed by atoms with van der Waals surface area (Å²) in [5.74, 6) is 12.1. The van der Waals surface area contributed by atoms with Crippen LogP contribution < -0.4 is 0 Å². The van der Waals surface area contributed by atoms with E-state index in [0.29, 0.717) is 5.56 Å². The second kappa shape index (κ2) is 7.53. The summed E-state index contributed by atoms with van der Waals surface area (Å²) in [7, 11) is 0. The van der Waals surface area contributed by atoms with Gasteiger partial charge in [0.2, 0.25) is 0 Å². The van der Waals surface area contributed by atoms with Crippen LogP contribution in [0.25, 0.3) is 0 Å². The van der Waals surface area contributed by atoms with Gasteiger partial charge in [-0.25, -0.2) is 0 Å². The van der Waals surface area contributed by atoms with E-state index >= 15 is 0 Å². The molecule has 0 saturated carbocycles. The average molecular weight is 342 g/mol. The minimum absolute atomic E-state index is 0.0417. The highest BCUT2D eigenvalue weighted by Crippen LogP contribution is 2.20. The Morgan fingerprint density at radius 2 is 1.08 bits per heavy atom. The maximum Gasteiger partial charge on any atom is 0.131 e. The van der Waals surface area contributed by atoms with Crippen molar-refractivity contribution in [3.05, 3.63) is 89.0 Å². The predicted molar refractivity (Wildman–Crippen MR) is 102 cm³/mol. The van der Waals surface area contributed by atoms with Crippen molar-refractivity contribution < 1.29 is 10.2 Å². The molecular formula is C22H14O2S. The number of phenolic OH excluding ortho intramolecular Hbond substituents is 2. The smallest absolute Gasteiger partial charge is 0.131 e. The number of phenols is 2. The Labute approximate surface area is 152 Å². The fourth-order valence-electron chi connectivity index (χ4n) is 2.09. The van der Waals surface area contributed by atoms with E-state index in [-0.39, 0.29) is 11.5 Å². The Hall–Kier alpha value is -3.27. The van der Waals surface area contributed by atoms with E-state index in [1.807, 2.05) is 48.5 Å². The Morgan fingerprint density at radius 3 is 1.64 bits per heavy atom. The standard InChI is InChI=1S/C22H14O2S/c23-20-11-14-22(24)19(15-20)10-7-17-4-1-16(2-5-17)3-6-18-8-12-21(25)13-9-18/h1-2,4-5,8-9,11-15,23-25H. The molecule has 120 valence electrons. The fraction of sp³-hybridized carbons (Fsp3) is 0. The predicted octanol–water partition coefficient (Wildman–Crippen LogP) is 4.19. The second-order valence-electron chi connectivity index (χ2n) is 5.33. The summed E-state index contributed by atoms with van der Waals surface area (Å²) in [6, 6.07) is 19.5. The first-order chi connectivity index (χ1) is 12.1. The van der Waals surface area contributed by atoms with E-state index in [0.717, 1.165) is 21.6 Å². The summed E-state index contributed by atoms with van der Waals surface area (Å²) < 4.78 is 0. The zero-order chi connectivity index (χ0) is 17.6. The molecule has 0 fully saturated rings. The highest BCUT2D eigenvalue weighted by Gasteiger charge is 1.98. The van der Waals surface area contributed by atoms with Crippen LogP contribution in [0.2, 0.25) is 0 Å². The first kappa shape index (κ1) is 16.6. The van der Waals surface area contributed by atoms with Gasteiger partial charge in [-0.1, -0.05) is 23.7 Å². The van der Waals surface area contributed by atoms with Crippen LogP contribution in [0.4, 0.5) is 0 Å². The first-order valence-corrected chi connectivity index (χ1v) is 8.00. The van der Waals surface area contributed by atoms with Gasteiger partial charge in [0.05, 0.1) is 5.56 Å². The third-order valence-corrected chi connectivity index (χ3v) is 3.72. The van der Waals surface area contributed by atoms with Crippen LogP contribution in [-0.2, 0) is 0 Å². The molecule has 0 aliphatic rings. The molecule has 0 amide bonds. The molecule has 0 spiro atoms. The minimum atomic E-state index is 0.0417. The van der Waals surface area contributed by atoms with Crippen molar-refractivity contribution in [3.8, 4) is 35.2 Å². The van der Waals surface area contributed by atoms with Crippen molar-refractivity contribution >= 4 is 12.6 Å². The third-order valence-electron chi connectivity index (χ3n) is 3.43. The summed E-state index contributed by atoms with van der Waals surface area (Å²) >= 11 is 4.25. The molecule has 0 aliphatic carbocycles. The number of hydrogen-bond donors (Lipinski definition) is 3. The quantitative estimate of drug-likeness (QED) is 0.326. The Balaban J connectivity index is 1.76. The Bertz CT molecular complexity index is 1010. The summed E-state index contributed by atoms with van der Waals surface area (Å²) in [6.45, 7) is 0. The van der Waals surface area contributed by atoms with Gasteiger partial charge in [0, 0.05) is 21.6 Å². The number of benzene rings is 3. The maximum atomic E-state index is 9.72. The number of aromatic hydroxyl groups is 2. The van der Waals surface area contributed by atoms with Crippen LogP contribution in [-0.4, -0.2) is 10.2 Å². The number of rotatable bonds is 0. The summed E-state index contributed by atoms with van der Waals surface area (Å²) in [5, 5.41) is 19.2. The highest BCUT2D eigenvalue weighted by molar-refractivity contribution is 7.80. The van der Waals surface area contributed by atoms with Crippen LogP contribution in [0.5, 0.6) is 11.5 Å². The van der Waals surface area contributed by atoms with Crippen molar-refractivity contribution in [2.45, 2.75) is 4.90 Å². The second-order valence-corrected chi connectivity index (χ2v) is 5.84. The van der Waals surface area contributed by atoms with Gasteiger partial charge in [-0.05, 0) is 66.7 Å². The average Bonchev–Trinajstić information content (AvgIpc) is 2.63. The molecule has 0 radical (unpaired) electrons. The maximum absolute atomic E-state index is 9.72. The molecule has 25 heavy (non-hydrogen) atoms. The van der Waals surface area contributed by atoms with Crippen molar-refractivity contribution in [1.82, 2.24) is 0 Å². The van der Waals surface area contributed by atoms with Gasteiger partial charge in [0.15, 0.2) is 0 Å².